The highest BCUT2D eigenvalue weighted by Crippen LogP contribution is 2.37. The molecule has 0 radical (unpaired) electrons. The van der Waals surface area contributed by atoms with E-state index < -0.39 is 23.6 Å². The van der Waals surface area contributed by atoms with Gasteiger partial charge in [0.15, 0.2) is 0 Å². The lowest BCUT2D eigenvalue weighted by Gasteiger charge is -2.22. The van der Waals surface area contributed by atoms with Gasteiger partial charge in [-0.1, -0.05) is 29.8 Å². The Balaban J connectivity index is 1.67. The molecule has 0 aliphatic rings. The van der Waals surface area contributed by atoms with Crippen LogP contribution in [0.4, 0.5) is 22.0 Å². The van der Waals surface area contributed by atoms with Gasteiger partial charge in [-0.25, -0.2) is 13.2 Å². The molecular weight excluding hydrogens is 435 g/mol. The van der Waals surface area contributed by atoms with Gasteiger partial charge in [-0.2, -0.15) is 8.78 Å². The molecule has 0 fully saturated rings. The van der Waals surface area contributed by atoms with E-state index >= 15 is 0 Å². The van der Waals surface area contributed by atoms with Crippen LogP contribution in [0, 0.1) is 45.1 Å². The van der Waals surface area contributed by atoms with Gasteiger partial charge in [-0.05, 0) is 85.7 Å². The fourth-order valence-electron chi connectivity index (χ4n) is 4.23. The molecule has 0 spiro atoms. The van der Waals surface area contributed by atoms with Crippen molar-refractivity contribution in [2.75, 3.05) is 0 Å². The molecule has 0 atom stereocenters. The zero-order valence-corrected chi connectivity index (χ0v) is 18.5. The third-order valence-corrected chi connectivity index (χ3v) is 5.71. The highest BCUT2D eigenvalue weighted by atomic mass is 19.3. The normalized spacial score (nSPS) is 11.8. The minimum Gasteiger partial charge on any atom is -0.429 e. The van der Waals surface area contributed by atoms with Crippen LogP contribution in [0.2, 0.25) is 0 Å². The van der Waals surface area contributed by atoms with Crippen LogP contribution in [0.15, 0.2) is 54.6 Å². The Morgan fingerprint density at radius 3 is 1.91 bits per heavy atom. The molecule has 0 aliphatic heterocycles. The lowest BCUT2D eigenvalue weighted by Crippen LogP contribution is -2.24. The predicted octanol–water partition coefficient (Wildman–Crippen LogP) is 8.29. The Bertz CT molecular complexity index is 1350. The minimum atomic E-state index is -3.55. The Morgan fingerprint density at radius 2 is 1.30 bits per heavy atom. The van der Waals surface area contributed by atoms with E-state index in [0.29, 0.717) is 22.3 Å². The SMILES string of the molecule is Cc1cc(C)c(C(F)(F)Oc2ccc(-c3cc(F)c4c(F)c(C)c(F)cc4c3)cc2)c(C)c1. The van der Waals surface area contributed by atoms with E-state index in [-0.39, 0.29) is 27.6 Å². The fourth-order valence-corrected chi connectivity index (χ4v) is 4.23. The largest absolute Gasteiger partial charge is 0.429 e. The first-order valence-electron chi connectivity index (χ1n) is 10.3. The first-order valence-corrected chi connectivity index (χ1v) is 10.3. The second-order valence-corrected chi connectivity index (χ2v) is 8.27. The summed E-state index contributed by atoms with van der Waals surface area (Å²) in [5.74, 6) is -2.62. The molecule has 0 aromatic heterocycles. The lowest BCUT2D eigenvalue weighted by molar-refractivity contribution is -0.186. The van der Waals surface area contributed by atoms with Gasteiger partial charge in [-0.3, -0.25) is 0 Å². The molecule has 0 saturated heterocycles. The fraction of sp³-hybridized carbons (Fsp3) is 0.185. The van der Waals surface area contributed by atoms with Crippen LogP contribution in [-0.2, 0) is 6.11 Å². The molecule has 0 heterocycles. The average Bonchev–Trinajstić information content (AvgIpc) is 2.70. The molecule has 0 unspecified atom stereocenters. The second kappa shape index (κ2) is 8.18. The van der Waals surface area contributed by atoms with Gasteiger partial charge in [0.2, 0.25) is 0 Å². The zero-order chi connectivity index (χ0) is 24.1. The molecule has 0 saturated carbocycles. The monoisotopic (exact) mass is 456 g/mol. The number of benzene rings is 4. The van der Waals surface area contributed by atoms with Crippen molar-refractivity contribution in [2.24, 2.45) is 0 Å². The Hall–Kier alpha value is -3.41. The Labute approximate surface area is 188 Å². The Morgan fingerprint density at radius 1 is 0.697 bits per heavy atom. The molecule has 4 aromatic carbocycles. The van der Waals surface area contributed by atoms with Crippen LogP contribution in [0.5, 0.6) is 5.75 Å². The molecule has 4 aromatic rings. The second-order valence-electron chi connectivity index (χ2n) is 8.27. The summed E-state index contributed by atoms with van der Waals surface area (Å²) in [6.07, 6.45) is -3.55. The number of fused-ring (bicyclic) bond motifs is 1. The maximum absolute atomic E-state index is 14.9. The van der Waals surface area contributed by atoms with Crippen molar-refractivity contribution in [1.82, 2.24) is 0 Å². The summed E-state index contributed by atoms with van der Waals surface area (Å²) >= 11 is 0. The van der Waals surface area contributed by atoms with Crippen molar-refractivity contribution in [2.45, 2.75) is 33.8 Å². The quantitative estimate of drug-likeness (QED) is 0.281. The van der Waals surface area contributed by atoms with Gasteiger partial charge in [-0.15, -0.1) is 0 Å². The van der Waals surface area contributed by atoms with Crippen molar-refractivity contribution in [3.05, 3.63) is 99.9 Å². The molecule has 0 aliphatic carbocycles. The standard InChI is InChI=1S/C27H21F5O/c1-14-9-15(2)25(16(3)10-14)27(31,32)33-21-7-5-18(6-8-21)19-11-20-13-22(28)17(4)26(30)24(20)23(29)12-19/h5-13H,1-4H3. The number of aryl methyl sites for hydroxylation is 3. The maximum Gasteiger partial charge on any atom is 0.427 e. The third-order valence-electron chi connectivity index (χ3n) is 5.71. The zero-order valence-electron chi connectivity index (χ0n) is 18.5. The van der Waals surface area contributed by atoms with Gasteiger partial charge in [0.1, 0.15) is 23.2 Å². The van der Waals surface area contributed by atoms with Gasteiger partial charge in [0.25, 0.3) is 0 Å². The first-order chi connectivity index (χ1) is 15.5. The minimum absolute atomic E-state index is 0.0720. The molecule has 0 N–H and O–H groups in total. The summed E-state index contributed by atoms with van der Waals surface area (Å²) in [6, 6.07) is 12.7. The van der Waals surface area contributed by atoms with Crippen LogP contribution in [-0.4, -0.2) is 0 Å². The summed E-state index contributed by atoms with van der Waals surface area (Å²) in [4.78, 5) is 0. The van der Waals surface area contributed by atoms with Crippen molar-refractivity contribution in [3.63, 3.8) is 0 Å². The Kier molecular flexibility index (Phi) is 5.64. The molecule has 0 bridgehead atoms. The smallest absolute Gasteiger partial charge is 0.427 e. The van der Waals surface area contributed by atoms with E-state index in [4.69, 9.17) is 4.74 Å². The number of ether oxygens (including phenoxy) is 1. The van der Waals surface area contributed by atoms with Crippen LogP contribution >= 0.6 is 0 Å². The van der Waals surface area contributed by atoms with Crippen molar-refractivity contribution in [1.29, 1.82) is 0 Å². The summed E-state index contributed by atoms with van der Waals surface area (Å²) in [5.41, 5.74) is 2.13. The van der Waals surface area contributed by atoms with Gasteiger partial charge < -0.3 is 4.74 Å². The number of rotatable bonds is 4. The van der Waals surface area contributed by atoms with Crippen LogP contribution in [0.1, 0.15) is 27.8 Å². The van der Waals surface area contributed by atoms with Crippen LogP contribution in [0.3, 0.4) is 0 Å². The van der Waals surface area contributed by atoms with Crippen LogP contribution in [0.25, 0.3) is 21.9 Å². The topological polar surface area (TPSA) is 9.23 Å². The van der Waals surface area contributed by atoms with E-state index in [9.17, 15) is 22.0 Å². The number of hydrogen-bond donors (Lipinski definition) is 0. The summed E-state index contributed by atoms with van der Waals surface area (Å²) in [6.45, 7) is 6.29. The van der Waals surface area contributed by atoms with Crippen molar-refractivity contribution >= 4 is 10.8 Å². The molecule has 6 heteroatoms. The third kappa shape index (κ3) is 4.17. The number of alkyl halides is 2. The average molecular weight is 456 g/mol. The molecule has 4 rings (SSSR count). The molecule has 0 amide bonds. The van der Waals surface area contributed by atoms with Gasteiger partial charge in [0.05, 0.1) is 10.9 Å². The van der Waals surface area contributed by atoms with E-state index in [1.807, 2.05) is 6.92 Å². The highest BCUT2D eigenvalue weighted by molar-refractivity contribution is 5.89. The molecule has 33 heavy (non-hydrogen) atoms. The van der Waals surface area contributed by atoms with E-state index in [1.54, 1.807) is 26.0 Å². The predicted molar refractivity (Wildman–Crippen MR) is 119 cm³/mol. The van der Waals surface area contributed by atoms with Crippen molar-refractivity contribution in [3.8, 4) is 16.9 Å². The number of halogens is 5. The summed E-state index contributed by atoms with van der Waals surface area (Å²) in [5, 5.41) is -0.219. The summed E-state index contributed by atoms with van der Waals surface area (Å²) < 4.78 is 77.7. The van der Waals surface area contributed by atoms with E-state index in [0.717, 1.165) is 17.7 Å². The highest BCUT2D eigenvalue weighted by Gasteiger charge is 2.37. The van der Waals surface area contributed by atoms with E-state index in [1.165, 1.54) is 37.3 Å². The summed E-state index contributed by atoms with van der Waals surface area (Å²) in [7, 11) is 0. The van der Waals surface area contributed by atoms with Gasteiger partial charge in [0, 0.05) is 5.56 Å². The molecular formula is C27H21F5O. The maximum atomic E-state index is 14.9. The first kappa shape index (κ1) is 22.8. The van der Waals surface area contributed by atoms with Crippen LogP contribution < -0.4 is 4.74 Å². The lowest BCUT2D eigenvalue weighted by atomic mass is 9.98. The molecule has 1 nitrogen and oxygen atoms in total. The van der Waals surface area contributed by atoms with Gasteiger partial charge >= 0.3 is 6.11 Å². The van der Waals surface area contributed by atoms with Crippen molar-refractivity contribution < 1.29 is 26.7 Å². The van der Waals surface area contributed by atoms with E-state index in [2.05, 4.69) is 0 Å². The molecule has 170 valence electrons. The number of hydrogen-bond acceptors (Lipinski definition) is 1.